The molecule has 0 aliphatic carbocycles. The van der Waals surface area contributed by atoms with Gasteiger partial charge in [0.15, 0.2) is 0 Å². The maximum Gasteiger partial charge on any atom is 0.319 e. The fourth-order valence-electron chi connectivity index (χ4n) is 3.60. The number of amides is 3. The highest BCUT2D eigenvalue weighted by atomic mass is 16.2. The molecular formula is C22H27N3O2. The lowest BCUT2D eigenvalue weighted by atomic mass is 10.0. The fourth-order valence-corrected chi connectivity index (χ4v) is 3.60. The van der Waals surface area contributed by atoms with Gasteiger partial charge in [-0.3, -0.25) is 4.79 Å². The Hall–Kier alpha value is -2.82. The molecule has 0 spiro atoms. The molecule has 3 rings (SSSR count). The number of nitrogens with one attached hydrogen (secondary N) is 2. The quantitative estimate of drug-likeness (QED) is 0.859. The van der Waals surface area contributed by atoms with Gasteiger partial charge in [-0.15, -0.1) is 0 Å². The number of fused-ring (bicyclic) bond motifs is 1. The van der Waals surface area contributed by atoms with E-state index >= 15 is 0 Å². The molecule has 1 aliphatic heterocycles. The number of carbonyl (C=O) groups excluding carboxylic acids is 2. The number of hydrogen-bond acceptors (Lipinski definition) is 2. The van der Waals surface area contributed by atoms with E-state index in [0.717, 1.165) is 28.9 Å². The van der Waals surface area contributed by atoms with Crippen LogP contribution in [0.3, 0.4) is 0 Å². The highest BCUT2D eigenvalue weighted by Gasteiger charge is 2.32. The van der Waals surface area contributed by atoms with Crippen LogP contribution in [-0.4, -0.2) is 24.5 Å². The van der Waals surface area contributed by atoms with E-state index in [1.807, 2.05) is 70.2 Å². The number of anilines is 2. The highest BCUT2D eigenvalue weighted by molar-refractivity contribution is 6.02. The van der Waals surface area contributed by atoms with Gasteiger partial charge < -0.3 is 15.5 Å². The van der Waals surface area contributed by atoms with E-state index in [-0.39, 0.29) is 17.9 Å². The topological polar surface area (TPSA) is 61.4 Å². The van der Waals surface area contributed by atoms with E-state index in [4.69, 9.17) is 0 Å². The smallest absolute Gasteiger partial charge is 0.319 e. The standard InChI is InChI=1S/C22H27N3O2/c1-14(2)20(21(26)25-10-9-17-7-5-6-8-19(17)25)24-22(27)23-18-12-15(3)11-16(4)13-18/h5-8,11-14,20H,9-10H2,1-4H3,(H2,23,24,27)/t20-/m0/s1. The second kappa shape index (κ2) is 7.82. The maximum atomic E-state index is 13.1. The number of rotatable bonds is 4. The molecule has 2 aromatic rings. The van der Waals surface area contributed by atoms with Crippen molar-refractivity contribution in [3.63, 3.8) is 0 Å². The molecule has 27 heavy (non-hydrogen) atoms. The molecule has 0 saturated carbocycles. The normalized spacial score (nSPS) is 14.0. The molecule has 3 amide bonds. The Labute approximate surface area is 160 Å². The first-order valence-electron chi connectivity index (χ1n) is 9.40. The van der Waals surface area contributed by atoms with E-state index in [9.17, 15) is 9.59 Å². The summed E-state index contributed by atoms with van der Waals surface area (Å²) in [6, 6.07) is 12.9. The highest BCUT2D eigenvalue weighted by Crippen LogP contribution is 2.28. The number of urea groups is 1. The lowest BCUT2D eigenvalue weighted by molar-refractivity contribution is -0.121. The summed E-state index contributed by atoms with van der Waals surface area (Å²) >= 11 is 0. The summed E-state index contributed by atoms with van der Waals surface area (Å²) in [7, 11) is 0. The van der Waals surface area contributed by atoms with Gasteiger partial charge in [-0.25, -0.2) is 4.79 Å². The molecule has 0 radical (unpaired) electrons. The van der Waals surface area contributed by atoms with Crippen molar-refractivity contribution in [2.45, 2.75) is 40.2 Å². The van der Waals surface area contributed by atoms with E-state index in [1.54, 1.807) is 4.90 Å². The average molecular weight is 365 g/mol. The number of para-hydroxylation sites is 1. The molecule has 2 N–H and O–H groups in total. The van der Waals surface area contributed by atoms with Crippen LogP contribution in [-0.2, 0) is 11.2 Å². The first kappa shape index (κ1) is 19.0. The minimum atomic E-state index is -0.581. The number of hydrogen-bond donors (Lipinski definition) is 2. The lowest BCUT2D eigenvalue weighted by Crippen LogP contribution is -2.52. The van der Waals surface area contributed by atoms with E-state index in [1.165, 1.54) is 5.56 Å². The summed E-state index contributed by atoms with van der Waals surface area (Å²) < 4.78 is 0. The molecule has 142 valence electrons. The first-order valence-corrected chi connectivity index (χ1v) is 9.40. The molecule has 1 heterocycles. The van der Waals surface area contributed by atoms with Crippen molar-refractivity contribution in [1.29, 1.82) is 0 Å². The van der Waals surface area contributed by atoms with Crippen LogP contribution in [0.4, 0.5) is 16.2 Å². The average Bonchev–Trinajstić information content (AvgIpc) is 3.02. The lowest BCUT2D eigenvalue weighted by Gasteiger charge is -2.27. The minimum absolute atomic E-state index is 0.0183. The molecule has 0 aromatic heterocycles. The molecule has 1 aliphatic rings. The largest absolute Gasteiger partial charge is 0.326 e. The van der Waals surface area contributed by atoms with Gasteiger partial charge in [0, 0.05) is 17.9 Å². The van der Waals surface area contributed by atoms with E-state index in [0.29, 0.717) is 6.54 Å². The predicted molar refractivity (Wildman–Crippen MR) is 109 cm³/mol. The Morgan fingerprint density at radius 1 is 1.04 bits per heavy atom. The van der Waals surface area contributed by atoms with Crippen LogP contribution in [0.25, 0.3) is 0 Å². The third-order valence-corrected chi connectivity index (χ3v) is 4.85. The van der Waals surface area contributed by atoms with Crippen molar-refractivity contribution >= 4 is 23.3 Å². The molecule has 2 aromatic carbocycles. The van der Waals surface area contributed by atoms with Gasteiger partial charge in [-0.05, 0) is 61.1 Å². The van der Waals surface area contributed by atoms with Crippen LogP contribution in [0.5, 0.6) is 0 Å². The molecule has 5 nitrogen and oxygen atoms in total. The SMILES string of the molecule is Cc1cc(C)cc(NC(=O)N[C@H](C(=O)N2CCc3ccccc32)C(C)C)c1. The van der Waals surface area contributed by atoms with Gasteiger partial charge in [0.25, 0.3) is 0 Å². The van der Waals surface area contributed by atoms with Gasteiger partial charge in [-0.2, -0.15) is 0 Å². The summed E-state index contributed by atoms with van der Waals surface area (Å²) in [6.45, 7) is 8.52. The Morgan fingerprint density at radius 2 is 1.70 bits per heavy atom. The summed E-state index contributed by atoms with van der Waals surface area (Å²) in [6.07, 6.45) is 0.849. The minimum Gasteiger partial charge on any atom is -0.326 e. The van der Waals surface area contributed by atoms with E-state index in [2.05, 4.69) is 10.6 Å². The van der Waals surface area contributed by atoms with Crippen LogP contribution in [0.2, 0.25) is 0 Å². The van der Waals surface area contributed by atoms with Crippen LogP contribution >= 0.6 is 0 Å². The van der Waals surface area contributed by atoms with Crippen LogP contribution < -0.4 is 15.5 Å². The summed E-state index contributed by atoms with van der Waals surface area (Å²) in [5.41, 5.74) is 5.01. The van der Waals surface area contributed by atoms with Gasteiger partial charge >= 0.3 is 6.03 Å². The van der Waals surface area contributed by atoms with Crippen molar-refractivity contribution in [2.75, 3.05) is 16.8 Å². The monoisotopic (exact) mass is 365 g/mol. The third-order valence-electron chi connectivity index (χ3n) is 4.85. The summed E-state index contributed by atoms with van der Waals surface area (Å²) in [5, 5.41) is 5.72. The molecule has 0 unspecified atom stereocenters. The molecule has 0 fully saturated rings. The van der Waals surface area contributed by atoms with Crippen LogP contribution in [0.15, 0.2) is 42.5 Å². The van der Waals surface area contributed by atoms with Crippen molar-refractivity contribution in [3.8, 4) is 0 Å². The van der Waals surface area contributed by atoms with Crippen molar-refractivity contribution < 1.29 is 9.59 Å². The van der Waals surface area contributed by atoms with Crippen LogP contribution in [0, 0.1) is 19.8 Å². The zero-order chi connectivity index (χ0) is 19.6. The third kappa shape index (κ3) is 4.30. The zero-order valence-electron chi connectivity index (χ0n) is 16.4. The van der Waals surface area contributed by atoms with Gasteiger partial charge in [0.1, 0.15) is 6.04 Å². The van der Waals surface area contributed by atoms with Crippen LogP contribution in [0.1, 0.15) is 30.5 Å². The summed E-state index contributed by atoms with van der Waals surface area (Å²) in [4.78, 5) is 27.4. The number of benzene rings is 2. The second-order valence-electron chi connectivity index (χ2n) is 7.57. The maximum absolute atomic E-state index is 13.1. The fraction of sp³-hybridized carbons (Fsp3) is 0.364. The number of aryl methyl sites for hydroxylation is 2. The van der Waals surface area contributed by atoms with Gasteiger partial charge in [0.2, 0.25) is 5.91 Å². The zero-order valence-corrected chi connectivity index (χ0v) is 16.4. The second-order valence-corrected chi connectivity index (χ2v) is 7.57. The van der Waals surface area contributed by atoms with Crippen molar-refractivity contribution in [3.05, 3.63) is 59.2 Å². The molecular weight excluding hydrogens is 338 g/mol. The van der Waals surface area contributed by atoms with Crippen molar-refractivity contribution in [1.82, 2.24) is 5.32 Å². The first-order chi connectivity index (χ1) is 12.8. The van der Waals surface area contributed by atoms with Gasteiger partial charge in [0.05, 0.1) is 0 Å². The summed E-state index contributed by atoms with van der Waals surface area (Å²) in [5.74, 6) is -0.0826. The molecule has 0 bridgehead atoms. The Morgan fingerprint density at radius 3 is 2.37 bits per heavy atom. The number of nitrogens with zero attached hydrogens (tertiary/aromatic N) is 1. The van der Waals surface area contributed by atoms with Crippen molar-refractivity contribution in [2.24, 2.45) is 5.92 Å². The Balaban J connectivity index is 1.72. The predicted octanol–water partition coefficient (Wildman–Crippen LogP) is 4.04. The molecule has 1 atom stereocenters. The molecule has 0 saturated heterocycles. The Bertz CT molecular complexity index is 840. The molecule has 5 heteroatoms. The van der Waals surface area contributed by atoms with Gasteiger partial charge in [-0.1, -0.05) is 38.1 Å². The Kier molecular flexibility index (Phi) is 5.49. The number of carbonyl (C=O) groups is 2. The van der Waals surface area contributed by atoms with E-state index < -0.39 is 6.04 Å².